The van der Waals surface area contributed by atoms with Crippen LogP contribution in [-0.2, 0) is 9.84 Å². The minimum absolute atomic E-state index is 0.172. The summed E-state index contributed by atoms with van der Waals surface area (Å²) in [6.07, 6.45) is 4.24. The van der Waals surface area contributed by atoms with Crippen molar-refractivity contribution in [3.05, 3.63) is 47.3 Å². The average molecular weight is 364 g/mol. The lowest BCUT2D eigenvalue weighted by molar-refractivity contribution is 0.0927. The second-order valence-corrected chi connectivity index (χ2v) is 9.63. The van der Waals surface area contributed by atoms with Crippen LogP contribution in [0.25, 0.3) is 0 Å². The largest absolute Gasteiger partial charge is 0.349 e. The maximum atomic E-state index is 12.6. The highest BCUT2D eigenvalue weighted by Crippen LogP contribution is 2.28. The van der Waals surface area contributed by atoms with Crippen LogP contribution < -0.4 is 5.32 Å². The van der Waals surface area contributed by atoms with Crippen LogP contribution in [0.1, 0.15) is 42.3 Å². The Kier molecular flexibility index (Phi) is 5.06. The first kappa shape index (κ1) is 17.2. The minimum atomic E-state index is -3.55. The third kappa shape index (κ3) is 3.70. The number of nitrogens with one attached hydrogen (secondary N) is 1. The van der Waals surface area contributed by atoms with Crippen molar-refractivity contribution >= 4 is 27.1 Å². The van der Waals surface area contributed by atoms with Gasteiger partial charge in [-0.15, -0.1) is 11.3 Å². The van der Waals surface area contributed by atoms with Gasteiger partial charge < -0.3 is 5.32 Å². The van der Waals surface area contributed by atoms with Crippen LogP contribution in [0.3, 0.4) is 0 Å². The minimum Gasteiger partial charge on any atom is -0.349 e. The van der Waals surface area contributed by atoms with Crippen molar-refractivity contribution < 1.29 is 13.2 Å². The lowest BCUT2D eigenvalue weighted by Crippen LogP contribution is -2.36. The summed E-state index contributed by atoms with van der Waals surface area (Å²) < 4.78 is 25.4. The fourth-order valence-corrected chi connectivity index (χ4v) is 5.60. The molecule has 1 aliphatic carbocycles. The van der Waals surface area contributed by atoms with Gasteiger partial charge in [0.25, 0.3) is 5.91 Å². The zero-order valence-electron chi connectivity index (χ0n) is 13.6. The molecule has 6 heteroatoms. The van der Waals surface area contributed by atoms with Crippen LogP contribution in [-0.4, -0.2) is 20.4 Å². The van der Waals surface area contributed by atoms with E-state index in [2.05, 4.69) is 12.2 Å². The molecule has 1 heterocycles. The van der Waals surface area contributed by atoms with E-state index in [-0.39, 0.29) is 21.1 Å². The van der Waals surface area contributed by atoms with Crippen LogP contribution >= 0.6 is 11.3 Å². The summed E-state index contributed by atoms with van der Waals surface area (Å²) >= 11 is 1.03. The van der Waals surface area contributed by atoms with E-state index in [0.29, 0.717) is 4.88 Å². The molecule has 0 aliphatic heterocycles. The number of thiophene rings is 1. The lowest BCUT2D eigenvalue weighted by Gasteiger charge is -2.26. The molecule has 0 atom stereocenters. The Labute approximate surface area is 146 Å². The van der Waals surface area contributed by atoms with Gasteiger partial charge >= 0.3 is 0 Å². The molecule has 0 radical (unpaired) electrons. The number of hydrogen-bond acceptors (Lipinski definition) is 4. The molecule has 2 aromatic rings. The van der Waals surface area contributed by atoms with Crippen LogP contribution in [0.5, 0.6) is 0 Å². The van der Waals surface area contributed by atoms with E-state index in [1.807, 2.05) is 0 Å². The summed E-state index contributed by atoms with van der Waals surface area (Å²) in [6.45, 7) is 2.23. The zero-order valence-corrected chi connectivity index (χ0v) is 15.2. The van der Waals surface area contributed by atoms with Gasteiger partial charge in [0.1, 0.15) is 4.21 Å². The lowest BCUT2D eigenvalue weighted by atomic mass is 9.87. The van der Waals surface area contributed by atoms with E-state index >= 15 is 0 Å². The van der Waals surface area contributed by atoms with E-state index in [0.717, 1.165) is 42.9 Å². The second kappa shape index (κ2) is 7.07. The van der Waals surface area contributed by atoms with E-state index in [9.17, 15) is 13.2 Å². The molecule has 1 aliphatic rings. The Morgan fingerprint density at radius 3 is 2.38 bits per heavy atom. The fourth-order valence-electron chi connectivity index (χ4n) is 2.96. The molecule has 128 valence electrons. The SMILES string of the molecule is CC1CCC(NC(=O)c2ccc(S(=O)(=O)c3ccccc3)s2)CC1. The molecule has 0 bridgehead atoms. The molecule has 1 aromatic heterocycles. The van der Waals surface area contributed by atoms with Gasteiger partial charge in [-0.3, -0.25) is 4.79 Å². The Bertz CT molecular complexity index is 804. The predicted octanol–water partition coefficient (Wildman–Crippen LogP) is 3.89. The van der Waals surface area contributed by atoms with E-state index in [1.54, 1.807) is 36.4 Å². The van der Waals surface area contributed by atoms with Crippen LogP contribution in [0.4, 0.5) is 0 Å². The van der Waals surface area contributed by atoms with Crippen LogP contribution in [0, 0.1) is 5.92 Å². The molecule has 0 spiro atoms. The summed E-state index contributed by atoms with van der Waals surface area (Å²) in [6, 6.07) is 11.6. The van der Waals surface area contributed by atoms with Crippen molar-refractivity contribution in [3.8, 4) is 0 Å². The number of carbonyl (C=O) groups excluding carboxylic acids is 1. The average Bonchev–Trinajstić information content (AvgIpc) is 3.09. The molecule has 1 N–H and O–H groups in total. The first-order valence-corrected chi connectivity index (χ1v) is 10.5. The maximum Gasteiger partial charge on any atom is 0.261 e. The van der Waals surface area contributed by atoms with Gasteiger partial charge in [0, 0.05) is 6.04 Å². The molecule has 1 amide bonds. The molecule has 3 rings (SSSR count). The van der Waals surface area contributed by atoms with Crippen molar-refractivity contribution in [1.29, 1.82) is 0 Å². The van der Waals surface area contributed by atoms with E-state index in [1.165, 1.54) is 6.07 Å². The van der Waals surface area contributed by atoms with Gasteiger partial charge in [0.05, 0.1) is 9.77 Å². The summed E-state index contributed by atoms with van der Waals surface area (Å²) in [5.74, 6) is 0.552. The number of sulfone groups is 1. The highest BCUT2D eigenvalue weighted by molar-refractivity contribution is 7.93. The number of hydrogen-bond donors (Lipinski definition) is 1. The third-order valence-electron chi connectivity index (χ3n) is 4.47. The quantitative estimate of drug-likeness (QED) is 0.896. The van der Waals surface area contributed by atoms with Crippen molar-refractivity contribution in [2.45, 2.75) is 47.8 Å². The highest BCUT2D eigenvalue weighted by Gasteiger charge is 2.24. The van der Waals surface area contributed by atoms with Gasteiger partial charge in [-0.25, -0.2) is 8.42 Å². The molecular weight excluding hydrogens is 342 g/mol. The summed E-state index contributed by atoms with van der Waals surface area (Å²) in [7, 11) is -3.55. The van der Waals surface area contributed by atoms with Gasteiger partial charge in [-0.1, -0.05) is 25.1 Å². The van der Waals surface area contributed by atoms with Crippen molar-refractivity contribution in [3.63, 3.8) is 0 Å². The first-order chi connectivity index (χ1) is 11.5. The highest BCUT2D eigenvalue weighted by atomic mass is 32.2. The third-order valence-corrected chi connectivity index (χ3v) is 7.82. The molecule has 24 heavy (non-hydrogen) atoms. The monoisotopic (exact) mass is 363 g/mol. The Morgan fingerprint density at radius 1 is 1.04 bits per heavy atom. The van der Waals surface area contributed by atoms with E-state index < -0.39 is 9.84 Å². The van der Waals surface area contributed by atoms with Gasteiger partial charge in [0.2, 0.25) is 9.84 Å². The van der Waals surface area contributed by atoms with Crippen LogP contribution in [0.15, 0.2) is 51.6 Å². The van der Waals surface area contributed by atoms with Gasteiger partial charge in [-0.05, 0) is 55.9 Å². The topological polar surface area (TPSA) is 63.2 Å². The summed E-state index contributed by atoms with van der Waals surface area (Å²) in [5, 5.41) is 3.04. The number of benzene rings is 1. The molecule has 1 saturated carbocycles. The van der Waals surface area contributed by atoms with Crippen molar-refractivity contribution in [2.75, 3.05) is 0 Å². The molecule has 0 unspecified atom stereocenters. The smallest absolute Gasteiger partial charge is 0.261 e. The second-order valence-electron chi connectivity index (χ2n) is 6.37. The Balaban J connectivity index is 1.72. The number of amides is 1. The van der Waals surface area contributed by atoms with E-state index in [4.69, 9.17) is 0 Å². The standard InChI is InChI=1S/C18H21NO3S2/c1-13-7-9-14(10-8-13)19-18(20)16-11-12-17(23-16)24(21,22)15-5-3-2-4-6-15/h2-6,11-14H,7-10H2,1H3,(H,19,20). The summed E-state index contributed by atoms with van der Waals surface area (Å²) in [4.78, 5) is 13.1. The van der Waals surface area contributed by atoms with Crippen molar-refractivity contribution in [2.24, 2.45) is 5.92 Å². The van der Waals surface area contributed by atoms with Gasteiger partial charge in [-0.2, -0.15) is 0 Å². The molecule has 0 saturated heterocycles. The first-order valence-electron chi connectivity index (χ1n) is 8.17. The number of carbonyl (C=O) groups is 1. The Hall–Kier alpha value is -1.66. The zero-order chi connectivity index (χ0) is 17.2. The maximum absolute atomic E-state index is 12.6. The molecule has 1 aromatic carbocycles. The molecule has 4 nitrogen and oxygen atoms in total. The molecule has 1 fully saturated rings. The Morgan fingerprint density at radius 2 is 1.71 bits per heavy atom. The number of rotatable bonds is 4. The fraction of sp³-hybridized carbons (Fsp3) is 0.389. The van der Waals surface area contributed by atoms with Gasteiger partial charge in [0.15, 0.2) is 0 Å². The van der Waals surface area contributed by atoms with Crippen molar-refractivity contribution in [1.82, 2.24) is 5.32 Å². The predicted molar refractivity (Wildman–Crippen MR) is 95.1 cm³/mol. The summed E-state index contributed by atoms with van der Waals surface area (Å²) in [5.41, 5.74) is 0. The molecular formula is C18H21NO3S2. The normalized spacial score (nSPS) is 21.4. The van der Waals surface area contributed by atoms with Crippen LogP contribution in [0.2, 0.25) is 0 Å².